The SMILES string of the molecule is COc1ccc(C(C)NC(=O)NCc2ccc(Cl)cc2)cc1. The van der Waals surface area contributed by atoms with Gasteiger partial charge in [-0.3, -0.25) is 0 Å². The van der Waals surface area contributed by atoms with Crippen molar-refractivity contribution in [3.05, 3.63) is 64.7 Å². The molecule has 2 aromatic rings. The Balaban J connectivity index is 1.83. The summed E-state index contributed by atoms with van der Waals surface area (Å²) in [6.45, 7) is 2.39. The van der Waals surface area contributed by atoms with Crippen LogP contribution in [0.15, 0.2) is 48.5 Å². The van der Waals surface area contributed by atoms with E-state index in [-0.39, 0.29) is 12.1 Å². The van der Waals surface area contributed by atoms with Crippen LogP contribution in [-0.4, -0.2) is 13.1 Å². The molecule has 1 unspecified atom stereocenters. The molecule has 2 amide bonds. The molecule has 0 heterocycles. The van der Waals surface area contributed by atoms with Crippen molar-refractivity contribution in [2.45, 2.75) is 19.5 Å². The number of methoxy groups -OCH3 is 1. The quantitative estimate of drug-likeness (QED) is 0.878. The second kappa shape index (κ2) is 7.71. The number of carbonyl (C=O) groups excluding carboxylic acids is 1. The van der Waals surface area contributed by atoms with E-state index in [1.807, 2.05) is 43.3 Å². The Labute approximate surface area is 135 Å². The van der Waals surface area contributed by atoms with E-state index in [9.17, 15) is 4.79 Å². The number of urea groups is 1. The summed E-state index contributed by atoms with van der Waals surface area (Å²) in [5.41, 5.74) is 2.01. The molecule has 0 bridgehead atoms. The predicted octanol–water partition coefficient (Wildman–Crippen LogP) is 3.91. The minimum atomic E-state index is -0.210. The van der Waals surface area contributed by atoms with Gasteiger partial charge in [-0.1, -0.05) is 35.9 Å². The number of carbonyl (C=O) groups is 1. The Morgan fingerprint density at radius 3 is 2.36 bits per heavy atom. The van der Waals surface area contributed by atoms with Crippen molar-refractivity contribution in [3.8, 4) is 5.75 Å². The van der Waals surface area contributed by atoms with Crippen molar-refractivity contribution < 1.29 is 9.53 Å². The molecule has 0 saturated carbocycles. The molecule has 116 valence electrons. The van der Waals surface area contributed by atoms with Crippen LogP contribution in [0.3, 0.4) is 0 Å². The molecule has 22 heavy (non-hydrogen) atoms. The fraction of sp³-hybridized carbons (Fsp3) is 0.235. The van der Waals surface area contributed by atoms with Gasteiger partial charge in [0.15, 0.2) is 0 Å². The van der Waals surface area contributed by atoms with Crippen LogP contribution in [0, 0.1) is 0 Å². The number of amides is 2. The first-order chi connectivity index (χ1) is 10.6. The highest BCUT2D eigenvalue weighted by molar-refractivity contribution is 6.30. The number of ether oxygens (including phenoxy) is 1. The lowest BCUT2D eigenvalue weighted by Gasteiger charge is -2.15. The molecule has 0 fully saturated rings. The van der Waals surface area contributed by atoms with Crippen molar-refractivity contribution in [1.82, 2.24) is 10.6 Å². The summed E-state index contributed by atoms with van der Waals surface area (Å²) in [5.74, 6) is 0.795. The normalized spacial score (nSPS) is 11.6. The Bertz CT molecular complexity index is 612. The Kier molecular flexibility index (Phi) is 5.67. The van der Waals surface area contributed by atoms with Crippen LogP contribution in [0.2, 0.25) is 5.02 Å². The Morgan fingerprint density at radius 2 is 1.77 bits per heavy atom. The van der Waals surface area contributed by atoms with Gasteiger partial charge in [0.05, 0.1) is 13.2 Å². The first-order valence-corrected chi connectivity index (χ1v) is 7.39. The van der Waals surface area contributed by atoms with Crippen molar-refractivity contribution in [2.24, 2.45) is 0 Å². The minimum Gasteiger partial charge on any atom is -0.497 e. The molecule has 0 aliphatic heterocycles. The number of rotatable bonds is 5. The lowest BCUT2D eigenvalue weighted by Crippen LogP contribution is -2.36. The maximum atomic E-state index is 11.9. The molecule has 0 spiro atoms. The van der Waals surface area contributed by atoms with Gasteiger partial charge in [0.25, 0.3) is 0 Å². The first kappa shape index (κ1) is 16.2. The van der Waals surface area contributed by atoms with Gasteiger partial charge in [-0.25, -0.2) is 4.79 Å². The zero-order chi connectivity index (χ0) is 15.9. The molecule has 2 rings (SSSR count). The van der Waals surface area contributed by atoms with E-state index in [0.717, 1.165) is 16.9 Å². The van der Waals surface area contributed by atoms with Gasteiger partial charge >= 0.3 is 6.03 Å². The lowest BCUT2D eigenvalue weighted by atomic mass is 10.1. The summed E-state index contributed by atoms with van der Waals surface area (Å²) in [4.78, 5) is 11.9. The van der Waals surface area contributed by atoms with E-state index >= 15 is 0 Å². The van der Waals surface area contributed by atoms with Gasteiger partial charge in [-0.2, -0.15) is 0 Å². The number of hydrogen-bond donors (Lipinski definition) is 2. The summed E-state index contributed by atoms with van der Waals surface area (Å²) < 4.78 is 5.12. The molecule has 0 saturated heterocycles. The van der Waals surface area contributed by atoms with Crippen LogP contribution in [-0.2, 0) is 6.54 Å². The monoisotopic (exact) mass is 318 g/mol. The molecular weight excluding hydrogens is 300 g/mol. The minimum absolute atomic E-state index is 0.0869. The first-order valence-electron chi connectivity index (χ1n) is 7.01. The highest BCUT2D eigenvalue weighted by Crippen LogP contribution is 2.17. The third-order valence-corrected chi connectivity index (χ3v) is 3.58. The van der Waals surface area contributed by atoms with Gasteiger partial charge in [-0.05, 0) is 42.3 Å². The van der Waals surface area contributed by atoms with Crippen molar-refractivity contribution in [3.63, 3.8) is 0 Å². The van der Waals surface area contributed by atoms with E-state index in [1.165, 1.54) is 0 Å². The second-order valence-electron chi connectivity index (χ2n) is 4.95. The molecule has 2 aromatic carbocycles. The summed E-state index contributed by atoms with van der Waals surface area (Å²) in [5, 5.41) is 6.40. The second-order valence-corrected chi connectivity index (χ2v) is 5.38. The number of halogens is 1. The van der Waals surface area contributed by atoms with Gasteiger partial charge in [0.1, 0.15) is 5.75 Å². The van der Waals surface area contributed by atoms with Gasteiger partial charge < -0.3 is 15.4 Å². The molecule has 1 atom stereocenters. The predicted molar refractivity (Wildman–Crippen MR) is 88.2 cm³/mol. The highest BCUT2D eigenvalue weighted by atomic mass is 35.5. The Morgan fingerprint density at radius 1 is 1.14 bits per heavy atom. The molecule has 4 nitrogen and oxygen atoms in total. The zero-order valence-electron chi connectivity index (χ0n) is 12.6. The van der Waals surface area contributed by atoms with Crippen LogP contribution < -0.4 is 15.4 Å². The van der Waals surface area contributed by atoms with Gasteiger partial charge in [0.2, 0.25) is 0 Å². The molecule has 0 radical (unpaired) electrons. The van der Waals surface area contributed by atoms with Crippen LogP contribution in [0.4, 0.5) is 4.79 Å². The molecule has 5 heteroatoms. The van der Waals surface area contributed by atoms with E-state index in [0.29, 0.717) is 11.6 Å². The molecule has 0 aliphatic rings. The van der Waals surface area contributed by atoms with Crippen LogP contribution in [0.25, 0.3) is 0 Å². The summed E-state index contributed by atoms with van der Waals surface area (Å²) in [6, 6.07) is 14.7. The van der Waals surface area contributed by atoms with E-state index < -0.39 is 0 Å². The standard InChI is InChI=1S/C17H19ClN2O2/c1-12(14-5-9-16(22-2)10-6-14)20-17(21)19-11-13-3-7-15(18)8-4-13/h3-10,12H,11H2,1-2H3,(H2,19,20,21). The molecule has 0 aliphatic carbocycles. The summed E-state index contributed by atoms with van der Waals surface area (Å²) >= 11 is 5.82. The Hall–Kier alpha value is -2.20. The van der Waals surface area contributed by atoms with Crippen molar-refractivity contribution in [1.29, 1.82) is 0 Å². The summed E-state index contributed by atoms with van der Waals surface area (Å²) in [7, 11) is 1.63. The topological polar surface area (TPSA) is 50.4 Å². The fourth-order valence-electron chi connectivity index (χ4n) is 2.01. The number of benzene rings is 2. The van der Waals surface area contributed by atoms with Crippen LogP contribution in [0.1, 0.15) is 24.1 Å². The third kappa shape index (κ3) is 4.67. The third-order valence-electron chi connectivity index (χ3n) is 3.33. The molecule has 2 N–H and O–H groups in total. The maximum Gasteiger partial charge on any atom is 0.315 e. The van der Waals surface area contributed by atoms with E-state index in [2.05, 4.69) is 10.6 Å². The molecule has 0 aromatic heterocycles. The zero-order valence-corrected chi connectivity index (χ0v) is 13.4. The van der Waals surface area contributed by atoms with Gasteiger partial charge in [0, 0.05) is 11.6 Å². The highest BCUT2D eigenvalue weighted by Gasteiger charge is 2.09. The lowest BCUT2D eigenvalue weighted by molar-refractivity contribution is 0.237. The van der Waals surface area contributed by atoms with Crippen molar-refractivity contribution in [2.75, 3.05) is 7.11 Å². The van der Waals surface area contributed by atoms with E-state index in [1.54, 1.807) is 19.2 Å². The number of nitrogens with one attached hydrogen (secondary N) is 2. The average molecular weight is 319 g/mol. The largest absolute Gasteiger partial charge is 0.497 e. The van der Waals surface area contributed by atoms with Gasteiger partial charge in [-0.15, -0.1) is 0 Å². The number of hydrogen-bond acceptors (Lipinski definition) is 2. The maximum absolute atomic E-state index is 11.9. The van der Waals surface area contributed by atoms with Crippen LogP contribution in [0.5, 0.6) is 5.75 Å². The van der Waals surface area contributed by atoms with Crippen LogP contribution >= 0.6 is 11.6 Å². The smallest absolute Gasteiger partial charge is 0.315 e. The average Bonchev–Trinajstić information content (AvgIpc) is 2.54. The summed E-state index contributed by atoms with van der Waals surface area (Å²) in [6.07, 6.45) is 0. The fourth-order valence-corrected chi connectivity index (χ4v) is 2.13. The van der Waals surface area contributed by atoms with Crippen molar-refractivity contribution >= 4 is 17.6 Å². The van der Waals surface area contributed by atoms with E-state index in [4.69, 9.17) is 16.3 Å². The molecular formula is C17H19ClN2O2.